The number of fused-ring (bicyclic) bond motifs is 1. The van der Waals surface area contributed by atoms with Gasteiger partial charge in [-0.1, -0.05) is 0 Å². The van der Waals surface area contributed by atoms with Crippen LogP contribution in [0.5, 0.6) is 0 Å². The molecule has 1 aliphatic heterocycles. The fraction of sp³-hybridized carbons (Fsp3) is 0.667. The summed E-state index contributed by atoms with van der Waals surface area (Å²) < 4.78 is 5.35. The van der Waals surface area contributed by atoms with Crippen LogP contribution in [0.3, 0.4) is 0 Å². The maximum atomic E-state index is 5.79. The van der Waals surface area contributed by atoms with Crippen molar-refractivity contribution >= 4 is 5.95 Å². The monoisotopic (exact) mass is 234 g/mol. The summed E-state index contributed by atoms with van der Waals surface area (Å²) in [6.45, 7) is 3.80. The highest BCUT2D eigenvalue weighted by Crippen LogP contribution is 2.25. The molecule has 1 aromatic heterocycles. The van der Waals surface area contributed by atoms with Gasteiger partial charge in [0.15, 0.2) is 0 Å². The number of morpholine rings is 1. The second kappa shape index (κ2) is 4.58. The standard InChI is InChI=1S/C12H18N4O/c13-8-11-9-2-1-3-10(9)14-12(15-11)16-4-6-17-7-5-16/h1-8,13H2. The van der Waals surface area contributed by atoms with Gasteiger partial charge in [-0.15, -0.1) is 0 Å². The summed E-state index contributed by atoms with van der Waals surface area (Å²) in [4.78, 5) is 11.5. The van der Waals surface area contributed by atoms with Crippen molar-refractivity contribution in [3.05, 3.63) is 17.0 Å². The molecule has 3 rings (SSSR count). The van der Waals surface area contributed by atoms with Gasteiger partial charge in [0.1, 0.15) is 0 Å². The van der Waals surface area contributed by atoms with E-state index in [0.717, 1.165) is 50.8 Å². The average molecular weight is 234 g/mol. The molecule has 0 saturated carbocycles. The number of nitrogens with two attached hydrogens (primary N) is 1. The predicted octanol–water partition coefficient (Wildman–Crippen LogP) is 0.261. The third-order valence-corrected chi connectivity index (χ3v) is 3.49. The Bertz CT molecular complexity index is 415. The van der Waals surface area contributed by atoms with Crippen molar-refractivity contribution < 1.29 is 4.74 Å². The lowest BCUT2D eigenvalue weighted by atomic mass is 10.2. The fourth-order valence-corrected chi connectivity index (χ4v) is 2.57. The lowest BCUT2D eigenvalue weighted by molar-refractivity contribution is 0.122. The second-order valence-corrected chi connectivity index (χ2v) is 4.55. The van der Waals surface area contributed by atoms with E-state index in [-0.39, 0.29) is 0 Å². The Morgan fingerprint density at radius 1 is 1.18 bits per heavy atom. The van der Waals surface area contributed by atoms with Crippen LogP contribution in [-0.4, -0.2) is 36.3 Å². The largest absolute Gasteiger partial charge is 0.378 e. The molecule has 0 bridgehead atoms. The van der Waals surface area contributed by atoms with E-state index in [9.17, 15) is 0 Å². The van der Waals surface area contributed by atoms with E-state index in [2.05, 4.69) is 14.9 Å². The Kier molecular flexibility index (Phi) is 2.94. The number of nitrogens with zero attached hydrogens (tertiary/aromatic N) is 3. The van der Waals surface area contributed by atoms with Gasteiger partial charge in [-0.2, -0.15) is 0 Å². The maximum absolute atomic E-state index is 5.79. The van der Waals surface area contributed by atoms with E-state index in [1.54, 1.807) is 0 Å². The van der Waals surface area contributed by atoms with Gasteiger partial charge >= 0.3 is 0 Å². The van der Waals surface area contributed by atoms with Gasteiger partial charge in [0.25, 0.3) is 0 Å². The predicted molar refractivity (Wildman–Crippen MR) is 65.0 cm³/mol. The molecule has 0 spiro atoms. The Labute approximate surface area is 101 Å². The summed E-state index contributed by atoms with van der Waals surface area (Å²) in [5.74, 6) is 0.842. The molecule has 92 valence electrons. The highest BCUT2D eigenvalue weighted by Gasteiger charge is 2.21. The third-order valence-electron chi connectivity index (χ3n) is 3.49. The number of ether oxygens (including phenoxy) is 1. The van der Waals surface area contributed by atoms with Crippen molar-refractivity contribution in [2.45, 2.75) is 25.8 Å². The molecule has 17 heavy (non-hydrogen) atoms. The lowest BCUT2D eigenvalue weighted by Gasteiger charge is -2.27. The first-order valence-corrected chi connectivity index (χ1v) is 6.30. The normalized spacial score (nSPS) is 19.5. The number of hydrogen-bond acceptors (Lipinski definition) is 5. The molecule has 0 radical (unpaired) electrons. The van der Waals surface area contributed by atoms with Crippen LogP contribution in [0.4, 0.5) is 5.95 Å². The molecule has 1 fully saturated rings. The number of anilines is 1. The SMILES string of the molecule is NCc1nc(N2CCOCC2)nc2c1CCC2. The summed E-state index contributed by atoms with van der Waals surface area (Å²) in [5.41, 5.74) is 9.33. The highest BCUT2D eigenvalue weighted by molar-refractivity contribution is 5.39. The van der Waals surface area contributed by atoms with Crippen molar-refractivity contribution in [1.82, 2.24) is 9.97 Å². The summed E-state index contributed by atoms with van der Waals surface area (Å²) in [6, 6.07) is 0. The van der Waals surface area contributed by atoms with Crippen LogP contribution in [-0.2, 0) is 24.1 Å². The number of hydrogen-bond donors (Lipinski definition) is 1. The van der Waals surface area contributed by atoms with E-state index < -0.39 is 0 Å². The molecular formula is C12H18N4O. The Balaban J connectivity index is 1.94. The summed E-state index contributed by atoms with van der Waals surface area (Å²) in [5, 5.41) is 0. The summed E-state index contributed by atoms with van der Waals surface area (Å²) >= 11 is 0. The molecule has 0 atom stereocenters. The Morgan fingerprint density at radius 3 is 2.76 bits per heavy atom. The topological polar surface area (TPSA) is 64.3 Å². The molecule has 1 saturated heterocycles. The number of aromatic nitrogens is 2. The quantitative estimate of drug-likeness (QED) is 0.795. The van der Waals surface area contributed by atoms with Crippen LogP contribution >= 0.6 is 0 Å². The van der Waals surface area contributed by atoms with Crippen molar-refractivity contribution in [2.24, 2.45) is 5.73 Å². The van der Waals surface area contributed by atoms with Crippen LogP contribution < -0.4 is 10.6 Å². The van der Waals surface area contributed by atoms with Crippen LogP contribution in [0.2, 0.25) is 0 Å². The van der Waals surface area contributed by atoms with Gasteiger partial charge < -0.3 is 15.4 Å². The van der Waals surface area contributed by atoms with Crippen molar-refractivity contribution in [1.29, 1.82) is 0 Å². The molecule has 5 heteroatoms. The number of rotatable bonds is 2. The van der Waals surface area contributed by atoms with Crippen molar-refractivity contribution in [3.8, 4) is 0 Å². The molecule has 2 aliphatic rings. The van der Waals surface area contributed by atoms with E-state index in [1.807, 2.05) is 0 Å². The highest BCUT2D eigenvalue weighted by atomic mass is 16.5. The minimum absolute atomic E-state index is 0.516. The molecule has 2 heterocycles. The Hall–Kier alpha value is -1.20. The first-order chi connectivity index (χ1) is 8.38. The molecule has 0 unspecified atom stereocenters. The molecule has 2 N–H and O–H groups in total. The minimum Gasteiger partial charge on any atom is -0.378 e. The van der Waals surface area contributed by atoms with E-state index in [4.69, 9.17) is 10.5 Å². The molecular weight excluding hydrogens is 216 g/mol. The zero-order valence-electron chi connectivity index (χ0n) is 9.98. The lowest BCUT2D eigenvalue weighted by Crippen LogP contribution is -2.37. The average Bonchev–Trinajstić information content (AvgIpc) is 2.86. The maximum Gasteiger partial charge on any atom is 0.226 e. The third kappa shape index (κ3) is 2.00. The van der Waals surface area contributed by atoms with Crippen LogP contribution in [0.1, 0.15) is 23.4 Å². The molecule has 0 aromatic carbocycles. The minimum atomic E-state index is 0.516. The van der Waals surface area contributed by atoms with Gasteiger partial charge in [-0.25, -0.2) is 9.97 Å². The van der Waals surface area contributed by atoms with Gasteiger partial charge in [0, 0.05) is 25.3 Å². The van der Waals surface area contributed by atoms with Crippen LogP contribution in [0.15, 0.2) is 0 Å². The molecule has 5 nitrogen and oxygen atoms in total. The van der Waals surface area contributed by atoms with Crippen molar-refractivity contribution in [3.63, 3.8) is 0 Å². The molecule has 1 aliphatic carbocycles. The van der Waals surface area contributed by atoms with Gasteiger partial charge in [-0.3, -0.25) is 0 Å². The van der Waals surface area contributed by atoms with E-state index >= 15 is 0 Å². The second-order valence-electron chi connectivity index (χ2n) is 4.55. The van der Waals surface area contributed by atoms with Crippen molar-refractivity contribution in [2.75, 3.05) is 31.2 Å². The van der Waals surface area contributed by atoms with Gasteiger partial charge in [0.2, 0.25) is 5.95 Å². The van der Waals surface area contributed by atoms with Crippen LogP contribution in [0, 0.1) is 0 Å². The zero-order chi connectivity index (χ0) is 11.7. The molecule has 0 amide bonds. The van der Waals surface area contributed by atoms with E-state index in [1.165, 1.54) is 17.7 Å². The van der Waals surface area contributed by atoms with Crippen LogP contribution in [0.25, 0.3) is 0 Å². The van der Waals surface area contributed by atoms with Gasteiger partial charge in [-0.05, 0) is 24.8 Å². The first-order valence-electron chi connectivity index (χ1n) is 6.30. The smallest absolute Gasteiger partial charge is 0.226 e. The van der Waals surface area contributed by atoms with E-state index in [0.29, 0.717) is 6.54 Å². The fourth-order valence-electron chi connectivity index (χ4n) is 2.57. The molecule has 1 aromatic rings. The first kappa shape index (κ1) is 10.9. The zero-order valence-corrected chi connectivity index (χ0v) is 9.98. The Morgan fingerprint density at radius 2 is 2.00 bits per heavy atom. The summed E-state index contributed by atoms with van der Waals surface area (Å²) in [6.07, 6.45) is 3.34. The van der Waals surface area contributed by atoms with Gasteiger partial charge in [0.05, 0.1) is 18.9 Å². The number of aryl methyl sites for hydroxylation is 1. The summed E-state index contributed by atoms with van der Waals surface area (Å²) in [7, 11) is 0.